The molecule has 0 saturated carbocycles. The van der Waals surface area contributed by atoms with Gasteiger partial charge in [0.05, 0.1) is 6.61 Å². The molecule has 1 rings (SSSR count). The van der Waals surface area contributed by atoms with Crippen LogP contribution in [0.5, 0.6) is 11.5 Å². The SMILES string of the molecule is CCCC(=O)Oc1ccc(C(CC(C)OC(=O)OCC(C)C)[C@H](N)C(=O)O)cc1OC(=O)CCC. The zero-order valence-corrected chi connectivity index (χ0v) is 21.1. The van der Waals surface area contributed by atoms with Crippen molar-refractivity contribution in [2.24, 2.45) is 11.7 Å². The molecule has 0 heterocycles. The number of ether oxygens (including phenoxy) is 4. The summed E-state index contributed by atoms with van der Waals surface area (Å²) in [5.74, 6) is -2.93. The summed E-state index contributed by atoms with van der Waals surface area (Å²) in [6, 6.07) is 3.06. The highest BCUT2D eigenvalue weighted by atomic mass is 16.7. The summed E-state index contributed by atoms with van der Waals surface area (Å²) in [7, 11) is 0. The molecule has 0 saturated heterocycles. The van der Waals surface area contributed by atoms with Gasteiger partial charge in [-0.15, -0.1) is 0 Å². The zero-order chi connectivity index (χ0) is 26.5. The minimum absolute atomic E-state index is 0.0158. The molecule has 2 unspecified atom stereocenters. The number of aliphatic carboxylic acids is 1. The van der Waals surface area contributed by atoms with Gasteiger partial charge in [-0.2, -0.15) is 0 Å². The van der Waals surface area contributed by atoms with Crippen molar-refractivity contribution >= 4 is 24.1 Å². The van der Waals surface area contributed by atoms with Gasteiger partial charge in [-0.25, -0.2) is 4.79 Å². The molecule has 0 radical (unpaired) electrons. The predicted molar refractivity (Wildman–Crippen MR) is 127 cm³/mol. The Morgan fingerprint density at radius 1 is 0.943 bits per heavy atom. The van der Waals surface area contributed by atoms with Crippen molar-refractivity contribution in [3.63, 3.8) is 0 Å². The molecule has 196 valence electrons. The van der Waals surface area contributed by atoms with Crippen molar-refractivity contribution < 1.29 is 43.2 Å². The predicted octanol–water partition coefficient (Wildman–Crippen LogP) is 4.18. The number of carbonyl (C=O) groups is 4. The van der Waals surface area contributed by atoms with Crippen molar-refractivity contribution in [1.82, 2.24) is 0 Å². The van der Waals surface area contributed by atoms with E-state index in [4.69, 9.17) is 24.7 Å². The van der Waals surface area contributed by atoms with Crippen molar-refractivity contribution in [1.29, 1.82) is 0 Å². The summed E-state index contributed by atoms with van der Waals surface area (Å²) >= 11 is 0. The van der Waals surface area contributed by atoms with E-state index in [2.05, 4.69) is 0 Å². The van der Waals surface area contributed by atoms with Crippen LogP contribution in [0.3, 0.4) is 0 Å². The van der Waals surface area contributed by atoms with Crippen LogP contribution in [-0.4, -0.2) is 47.9 Å². The second-order valence-corrected chi connectivity index (χ2v) is 8.74. The number of esters is 2. The van der Waals surface area contributed by atoms with Crippen LogP contribution in [0.25, 0.3) is 0 Å². The summed E-state index contributed by atoms with van der Waals surface area (Å²) in [4.78, 5) is 47.8. The van der Waals surface area contributed by atoms with Crippen LogP contribution in [0.4, 0.5) is 4.79 Å². The van der Waals surface area contributed by atoms with Gasteiger partial charge in [0.2, 0.25) is 0 Å². The van der Waals surface area contributed by atoms with E-state index in [-0.39, 0.29) is 43.3 Å². The third-order valence-corrected chi connectivity index (χ3v) is 4.89. The van der Waals surface area contributed by atoms with Gasteiger partial charge in [0.15, 0.2) is 11.5 Å². The Labute approximate surface area is 206 Å². The molecular weight excluding hydrogens is 458 g/mol. The quantitative estimate of drug-likeness (QED) is 0.284. The van der Waals surface area contributed by atoms with E-state index in [1.165, 1.54) is 12.1 Å². The van der Waals surface area contributed by atoms with Crippen molar-refractivity contribution in [2.45, 2.75) is 84.8 Å². The van der Waals surface area contributed by atoms with Gasteiger partial charge in [-0.1, -0.05) is 33.8 Å². The molecule has 0 aliphatic rings. The molecule has 1 aromatic carbocycles. The summed E-state index contributed by atoms with van der Waals surface area (Å²) in [5.41, 5.74) is 6.38. The largest absolute Gasteiger partial charge is 0.508 e. The first-order chi connectivity index (χ1) is 16.5. The lowest BCUT2D eigenvalue weighted by atomic mass is 9.87. The third kappa shape index (κ3) is 10.8. The van der Waals surface area contributed by atoms with Crippen molar-refractivity contribution in [3.8, 4) is 11.5 Å². The first kappa shape index (κ1) is 29.9. The third-order valence-electron chi connectivity index (χ3n) is 4.89. The van der Waals surface area contributed by atoms with Crippen LogP contribution < -0.4 is 15.2 Å². The van der Waals surface area contributed by atoms with Gasteiger partial charge in [0.1, 0.15) is 12.1 Å². The molecule has 35 heavy (non-hydrogen) atoms. The Morgan fingerprint density at radius 3 is 2.03 bits per heavy atom. The van der Waals surface area contributed by atoms with E-state index in [1.54, 1.807) is 13.0 Å². The van der Waals surface area contributed by atoms with Gasteiger partial charge in [-0.3, -0.25) is 14.4 Å². The summed E-state index contributed by atoms with van der Waals surface area (Å²) in [6.07, 6.45) is -0.0694. The Morgan fingerprint density at radius 2 is 1.51 bits per heavy atom. The van der Waals surface area contributed by atoms with Gasteiger partial charge in [0, 0.05) is 18.8 Å². The van der Waals surface area contributed by atoms with Crippen LogP contribution in [0, 0.1) is 5.92 Å². The number of hydrogen-bond acceptors (Lipinski definition) is 9. The van der Waals surface area contributed by atoms with Crippen LogP contribution >= 0.6 is 0 Å². The van der Waals surface area contributed by atoms with E-state index in [0.717, 1.165) is 0 Å². The highest BCUT2D eigenvalue weighted by Crippen LogP contribution is 2.35. The van der Waals surface area contributed by atoms with Gasteiger partial charge in [-0.05, 0) is 49.8 Å². The van der Waals surface area contributed by atoms with E-state index in [0.29, 0.717) is 18.4 Å². The lowest BCUT2D eigenvalue weighted by molar-refractivity contribution is -0.139. The maximum Gasteiger partial charge on any atom is 0.508 e. The molecule has 0 spiro atoms. The summed E-state index contributed by atoms with van der Waals surface area (Å²) in [6.45, 7) is 9.19. The molecule has 1 aromatic rings. The Hall–Kier alpha value is -3.14. The van der Waals surface area contributed by atoms with Gasteiger partial charge in [0.25, 0.3) is 0 Å². The van der Waals surface area contributed by atoms with Gasteiger partial charge >= 0.3 is 24.1 Å². The molecule has 0 aromatic heterocycles. The number of carboxylic acid groups (broad SMARTS) is 1. The molecule has 0 bridgehead atoms. The smallest absolute Gasteiger partial charge is 0.480 e. The molecule has 3 N–H and O–H groups in total. The fourth-order valence-corrected chi connectivity index (χ4v) is 3.18. The topological polar surface area (TPSA) is 151 Å². The van der Waals surface area contributed by atoms with E-state index in [9.17, 15) is 24.3 Å². The molecule has 0 aliphatic heterocycles. The standard InChI is InChI=1S/C25H37NO9/c1-6-8-21(27)34-19-11-10-17(13-20(19)35-22(28)9-7-2)18(23(26)24(29)30)12-16(5)33-25(31)32-14-15(3)4/h10-11,13,15-16,18,23H,6-9,12,14,26H2,1-5H3,(H,29,30)/t16?,18?,23-/m0/s1. The molecule has 0 aliphatic carbocycles. The Balaban J connectivity index is 3.23. The Bertz CT molecular complexity index is 868. The van der Waals surface area contributed by atoms with Crippen LogP contribution in [-0.2, 0) is 23.9 Å². The molecule has 10 nitrogen and oxygen atoms in total. The van der Waals surface area contributed by atoms with E-state index in [1.807, 2.05) is 27.7 Å². The zero-order valence-electron chi connectivity index (χ0n) is 21.1. The van der Waals surface area contributed by atoms with Crippen LogP contribution in [0.1, 0.15) is 78.2 Å². The maximum atomic E-state index is 12.2. The molecule has 3 atom stereocenters. The fourth-order valence-electron chi connectivity index (χ4n) is 3.18. The highest BCUT2D eigenvalue weighted by molar-refractivity contribution is 5.77. The lowest BCUT2D eigenvalue weighted by Crippen LogP contribution is -2.38. The number of carboxylic acids is 1. The number of hydrogen-bond donors (Lipinski definition) is 2. The number of rotatable bonds is 14. The lowest BCUT2D eigenvalue weighted by Gasteiger charge is -2.25. The number of carbonyl (C=O) groups excluding carboxylic acids is 3. The van der Waals surface area contributed by atoms with Crippen molar-refractivity contribution in [2.75, 3.05) is 6.61 Å². The van der Waals surface area contributed by atoms with E-state index >= 15 is 0 Å². The fraction of sp³-hybridized carbons (Fsp3) is 0.600. The average molecular weight is 496 g/mol. The Kier molecular flexibility index (Phi) is 12.8. The van der Waals surface area contributed by atoms with Gasteiger partial charge < -0.3 is 29.8 Å². The molecular formula is C25H37NO9. The summed E-state index contributed by atoms with van der Waals surface area (Å²) in [5, 5.41) is 9.56. The first-order valence-corrected chi connectivity index (χ1v) is 11.8. The molecule has 0 amide bonds. The minimum Gasteiger partial charge on any atom is -0.480 e. The second kappa shape index (κ2) is 15.0. The first-order valence-electron chi connectivity index (χ1n) is 11.8. The monoisotopic (exact) mass is 495 g/mol. The highest BCUT2D eigenvalue weighted by Gasteiger charge is 2.30. The van der Waals surface area contributed by atoms with Crippen LogP contribution in [0.2, 0.25) is 0 Å². The number of nitrogens with two attached hydrogens (primary N) is 1. The second-order valence-electron chi connectivity index (χ2n) is 8.74. The average Bonchev–Trinajstić information content (AvgIpc) is 2.77. The minimum atomic E-state index is -1.35. The molecule has 0 fully saturated rings. The number of benzene rings is 1. The van der Waals surface area contributed by atoms with Crippen molar-refractivity contribution in [3.05, 3.63) is 23.8 Å². The summed E-state index contributed by atoms with van der Waals surface area (Å²) < 4.78 is 21.0. The normalized spacial score (nSPS) is 13.5. The van der Waals surface area contributed by atoms with E-state index < -0.39 is 42.1 Å². The molecule has 10 heteroatoms. The van der Waals surface area contributed by atoms with Crippen LogP contribution in [0.15, 0.2) is 18.2 Å². The maximum absolute atomic E-state index is 12.2.